The van der Waals surface area contributed by atoms with Crippen LogP contribution in [0.15, 0.2) is 36.4 Å². The lowest BCUT2D eigenvalue weighted by molar-refractivity contribution is 0.0587. The number of nitrogens with one attached hydrogen (secondary N) is 1. The Morgan fingerprint density at radius 3 is 2.81 bits per heavy atom. The van der Waals surface area contributed by atoms with Gasteiger partial charge in [0.25, 0.3) is 5.91 Å². The molecule has 112 valence electrons. The van der Waals surface area contributed by atoms with Gasteiger partial charge in [-0.05, 0) is 17.9 Å². The van der Waals surface area contributed by atoms with Crippen molar-refractivity contribution in [3.63, 3.8) is 0 Å². The lowest BCUT2D eigenvalue weighted by atomic mass is 10.0. The minimum atomic E-state index is -0.611. The lowest BCUT2D eigenvalue weighted by Gasteiger charge is -2.11. The number of aromatic hydroxyl groups is 1. The molecule has 1 unspecified atom stereocenters. The molecular formula is C16H19NO4. The molecule has 0 radical (unpaired) electrons. The highest BCUT2D eigenvalue weighted by atomic mass is 16.5. The fourth-order valence-corrected chi connectivity index (χ4v) is 2.16. The molecule has 0 aliphatic heterocycles. The van der Waals surface area contributed by atoms with Crippen LogP contribution in [-0.4, -0.2) is 42.5 Å². The zero-order valence-corrected chi connectivity index (χ0v) is 11.9. The SMILES string of the molecule is COCC(O)CCNC(=O)c1ccc2ccccc2c1O. The van der Waals surface area contributed by atoms with Crippen LogP contribution < -0.4 is 5.32 Å². The Bertz CT molecular complexity index is 627. The van der Waals surface area contributed by atoms with E-state index in [1.54, 1.807) is 18.2 Å². The van der Waals surface area contributed by atoms with Crippen molar-refractivity contribution in [2.45, 2.75) is 12.5 Å². The van der Waals surface area contributed by atoms with Gasteiger partial charge in [0.15, 0.2) is 0 Å². The summed E-state index contributed by atoms with van der Waals surface area (Å²) in [4.78, 5) is 12.1. The summed E-state index contributed by atoms with van der Waals surface area (Å²) >= 11 is 0. The largest absolute Gasteiger partial charge is 0.506 e. The molecule has 0 heterocycles. The average molecular weight is 289 g/mol. The first-order valence-corrected chi connectivity index (χ1v) is 6.79. The minimum Gasteiger partial charge on any atom is -0.506 e. The van der Waals surface area contributed by atoms with Crippen LogP contribution in [0.2, 0.25) is 0 Å². The maximum absolute atomic E-state index is 12.1. The van der Waals surface area contributed by atoms with Crippen LogP contribution in [0, 0.1) is 0 Å². The normalized spacial score (nSPS) is 12.3. The molecule has 0 aromatic heterocycles. The number of ether oxygens (including phenoxy) is 1. The zero-order chi connectivity index (χ0) is 15.2. The maximum atomic E-state index is 12.1. The molecule has 0 saturated heterocycles. The second kappa shape index (κ2) is 7.06. The first-order valence-electron chi connectivity index (χ1n) is 6.79. The zero-order valence-electron chi connectivity index (χ0n) is 11.9. The van der Waals surface area contributed by atoms with E-state index in [1.807, 2.05) is 18.2 Å². The molecule has 5 nitrogen and oxygen atoms in total. The van der Waals surface area contributed by atoms with Crippen LogP contribution in [0.4, 0.5) is 0 Å². The average Bonchev–Trinajstić information content (AvgIpc) is 2.48. The highest BCUT2D eigenvalue weighted by Crippen LogP contribution is 2.28. The van der Waals surface area contributed by atoms with Gasteiger partial charge in [-0.1, -0.05) is 30.3 Å². The van der Waals surface area contributed by atoms with Crippen LogP contribution in [0.5, 0.6) is 5.75 Å². The van der Waals surface area contributed by atoms with E-state index in [4.69, 9.17) is 4.74 Å². The number of hydrogen-bond acceptors (Lipinski definition) is 4. The molecule has 2 aromatic carbocycles. The van der Waals surface area contributed by atoms with E-state index in [0.29, 0.717) is 18.4 Å². The van der Waals surface area contributed by atoms with Gasteiger partial charge in [-0.25, -0.2) is 0 Å². The van der Waals surface area contributed by atoms with Crippen LogP contribution in [0.25, 0.3) is 10.8 Å². The van der Waals surface area contributed by atoms with Crippen molar-refractivity contribution in [2.24, 2.45) is 0 Å². The molecule has 0 aliphatic carbocycles. The molecule has 0 bridgehead atoms. The van der Waals surface area contributed by atoms with Crippen molar-refractivity contribution in [1.82, 2.24) is 5.32 Å². The summed E-state index contributed by atoms with van der Waals surface area (Å²) in [5.41, 5.74) is 0.231. The predicted molar refractivity (Wildman–Crippen MR) is 80.4 cm³/mol. The van der Waals surface area contributed by atoms with Crippen molar-refractivity contribution in [3.05, 3.63) is 42.0 Å². The van der Waals surface area contributed by atoms with Gasteiger partial charge < -0.3 is 20.3 Å². The maximum Gasteiger partial charge on any atom is 0.255 e. The number of rotatable bonds is 6. The van der Waals surface area contributed by atoms with Crippen molar-refractivity contribution in [2.75, 3.05) is 20.3 Å². The van der Waals surface area contributed by atoms with Gasteiger partial charge in [-0.2, -0.15) is 0 Å². The molecule has 5 heteroatoms. The minimum absolute atomic E-state index is 0.0250. The van der Waals surface area contributed by atoms with E-state index in [9.17, 15) is 15.0 Å². The van der Waals surface area contributed by atoms with Gasteiger partial charge in [0, 0.05) is 19.0 Å². The molecule has 0 fully saturated rings. The Morgan fingerprint density at radius 2 is 2.05 bits per heavy atom. The molecule has 0 aliphatic rings. The van der Waals surface area contributed by atoms with Crippen LogP contribution in [-0.2, 0) is 4.74 Å². The first kappa shape index (κ1) is 15.3. The number of amides is 1. The van der Waals surface area contributed by atoms with E-state index in [2.05, 4.69) is 5.32 Å². The number of aliphatic hydroxyl groups excluding tert-OH is 1. The second-order valence-electron chi connectivity index (χ2n) is 4.84. The summed E-state index contributed by atoms with van der Waals surface area (Å²) in [6.07, 6.45) is -0.214. The highest BCUT2D eigenvalue weighted by Gasteiger charge is 2.13. The summed E-state index contributed by atoms with van der Waals surface area (Å²) in [5.74, 6) is -0.383. The fraction of sp³-hybridized carbons (Fsp3) is 0.312. The Morgan fingerprint density at radius 1 is 1.29 bits per heavy atom. The molecular weight excluding hydrogens is 270 g/mol. The van der Waals surface area contributed by atoms with E-state index < -0.39 is 6.10 Å². The summed E-state index contributed by atoms with van der Waals surface area (Å²) in [5, 5.41) is 23.9. The van der Waals surface area contributed by atoms with E-state index in [1.165, 1.54) is 7.11 Å². The number of phenols is 1. The molecule has 2 aromatic rings. The molecule has 3 N–H and O–H groups in total. The monoisotopic (exact) mass is 289 g/mol. The van der Waals surface area contributed by atoms with Gasteiger partial charge in [0.2, 0.25) is 0 Å². The quantitative estimate of drug-likeness (QED) is 0.756. The van der Waals surface area contributed by atoms with E-state index in [-0.39, 0.29) is 23.8 Å². The third kappa shape index (κ3) is 3.71. The highest BCUT2D eigenvalue weighted by molar-refractivity contribution is 6.03. The third-order valence-corrected chi connectivity index (χ3v) is 3.27. The van der Waals surface area contributed by atoms with Crippen LogP contribution in [0.3, 0.4) is 0 Å². The van der Waals surface area contributed by atoms with Gasteiger partial charge in [-0.15, -0.1) is 0 Å². The number of carbonyl (C=O) groups is 1. The number of methoxy groups -OCH3 is 1. The Labute approximate surface area is 123 Å². The molecule has 0 saturated carbocycles. The van der Waals surface area contributed by atoms with Crippen LogP contribution in [0.1, 0.15) is 16.8 Å². The lowest BCUT2D eigenvalue weighted by Crippen LogP contribution is -2.28. The molecule has 21 heavy (non-hydrogen) atoms. The first-order chi connectivity index (χ1) is 10.1. The summed E-state index contributed by atoms with van der Waals surface area (Å²) < 4.78 is 4.81. The smallest absolute Gasteiger partial charge is 0.255 e. The van der Waals surface area contributed by atoms with Crippen molar-refractivity contribution >= 4 is 16.7 Å². The van der Waals surface area contributed by atoms with Crippen molar-refractivity contribution in [3.8, 4) is 5.75 Å². The summed E-state index contributed by atoms with van der Waals surface area (Å²) in [6, 6.07) is 10.7. The Hall–Kier alpha value is -2.11. The second-order valence-corrected chi connectivity index (χ2v) is 4.84. The van der Waals surface area contributed by atoms with Gasteiger partial charge in [0.1, 0.15) is 5.75 Å². The molecule has 0 spiro atoms. The standard InChI is InChI=1S/C16H19NO4/c1-21-10-12(18)8-9-17-16(20)14-7-6-11-4-2-3-5-13(11)15(14)19/h2-7,12,18-19H,8-10H2,1H3,(H,17,20). The van der Waals surface area contributed by atoms with Gasteiger partial charge >= 0.3 is 0 Å². The molecule has 2 rings (SSSR count). The van der Waals surface area contributed by atoms with E-state index >= 15 is 0 Å². The summed E-state index contributed by atoms with van der Waals surface area (Å²) in [6.45, 7) is 0.548. The van der Waals surface area contributed by atoms with E-state index in [0.717, 1.165) is 5.39 Å². The number of hydrogen-bond donors (Lipinski definition) is 3. The van der Waals surface area contributed by atoms with Gasteiger partial charge in [0.05, 0.1) is 18.3 Å². The third-order valence-electron chi connectivity index (χ3n) is 3.27. The summed E-state index contributed by atoms with van der Waals surface area (Å²) in [7, 11) is 1.51. The number of phenolic OH excluding ortho intramolecular Hbond substituents is 1. The Balaban J connectivity index is 2.04. The predicted octanol–water partition coefficient (Wildman–Crippen LogP) is 1.67. The van der Waals surface area contributed by atoms with Crippen molar-refractivity contribution in [1.29, 1.82) is 0 Å². The molecule has 1 amide bonds. The van der Waals surface area contributed by atoms with Crippen LogP contribution >= 0.6 is 0 Å². The van der Waals surface area contributed by atoms with Gasteiger partial charge in [-0.3, -0.25) is 4.79 Å². The topological polar surface area (TPSA) is 78.8 Å². The number of benzene rings is 2. The number of fused-ring (bicyclic) bond motifs is 1. The fourth-order valence-electron chi connectivity index (χ4n) is 2.16. The number of carbonyl (C=O) groups excluding carboxylic acids is 1. The molecule has 1 atom stereocenters. The number of aliphatic hydroxyl groups is 1. The van der Waals surface area contributed by atoms with Crippen molar-refractivity contribution < 1.29 is 19.7 Å². The Kier molecular flexibility index (Phi) is 5.14.